The minimum atomic E-state index is -3.79. The van der Waals surface area contributed by atoms with Gasteiger partial charge in [-0.2, -0.15) is 18.6 Å². The molecule has 1 aromatic carbocycles. The predicted octanol–water partition coefficient (Wildman–Crippen LogP) is 3.12. The third-order valence-electron chi connectivity index (χ3n) is 2.74. The molecule has 0 heterocycles. The van der Waals surface area contributed by atoms with Gasteiger partial charge in [0.1, 0.15) is 5.75 Å². The van der Waals surface area contributed by atoms with Gasteiger partial charge in [-0.05, 0) is 48.2 Å². The number of hydrogen-bond acceptors (Lipinski definition) is 4. The van der Waals surface area contributed by atoms with Crippen molar-refractivity contribution in [3.63, 3.8) is 0 Å². The molecule has 0 saturated heterocycles. The van der Waals surface area contributed by atoms with Crippen LogP contribution in [0.4, 0.5) is 0 Å². The van der Waals surface area contributed by atoms with Gasteiger partial charge in [0.25, 0.3) is 10.1 Å². The smallest absolute Gasteiger partial charge is 0.198 e. The molecule has 4 nitrogen and oxygen atoms in total. The lowest BCUT2D eigenvalue weighted by molar-refractivity contribution is 0.332. The Morgan fingerprint density at radius 1 is 1.20 bits per heavy atom. The number of hydrogen-bond donors (Lipinski definition) is 1. The van der Waals surface area contributed by atoms with Crippen LogP contribution < -0.4 is 5.90 Å². The minimum absolute atomic E-state index is 0.278. The van der Waals surface area contributed by atoms with Crippen molar-refractivity contribution in [3.05, 3.63) is 53.1 Å². The highest BCUT2D eigenvalue weighted by molar-refractivity contribution is 7.85. The Balaban J connectivity index is 3.54. The molecule has 20 heavy (non-hydrogen) atoms. The number of nitrogens with two attached hydrogens (primary N) is 1. The summed E-state index contributed by atoms with van der Waals surface area (Å²) in [6, 6.07) is 3.75. The van der Waals surface area contributed by atoms with E-state index in [4.69, 9.17) is 5.90 Å². The second-order valence-electron chi connectivity index (χ2n) is 4.18. The molecule has 1 aromatic rings. The first-order valence-corrected chi connectivity index (χ1v) is 7.71. The van der Waals surface area contributed by atoms with E-state index in [1.54, 1.807) is 6.08 Å². The fraction of sp³-hybridized carbons (Fsp3) is 0.200. The summed E-state index contributed by atoms with van der Waals surface area (Å²) in [6.07, 6.45) is 9.11. The summed E-state index contributed by atoms with van der Waals surface area (Å²) in [5.41, 5.74) is 3.18. The number of rotatable bonds is 6. The van der Waals surface area contributed by atoms with Crippen molar-refractivity contribution in [2.75, 3.05) is 0 Å². The van der Waals surface area contributed by atoms with E-state index in [1.165, 1.54) is 0 Å². The summed E-state index contributed by atoms with van der Waals surface area (Å²) in [6.45, 7) is 7.48. The molecular formula is C15H19NO3S. The zero-order chi connectivity index (χ0) is 15.2. The van der Waals surface area contributed by atoms with E-state index in [2.05, 4.69) is 10.9 Å². The van der Waals surface area contributed by atoms with Crippen LogP contribution in [0.1, 0.15) is 36.1 Å². The second-order valence-corrected chi connectivity index (χ2v) is 5.78. The Morgan fingerprint density at radius 2 is 1.70 bits per heavy atom. The van der Waals surface area contributed by atoms with Gasteiger partial charge in [0.15, 0.2) is 0 Å². The van der Waals surface area contributed by atoms with Crippen molar-refractivity contribution in [2.45, 2.75) is 19.6 Å². The van der Waals surface area contributed by atoms with Crippen molar-refractivity contribution in [2.24, 2.45) is 5.90 Å². The van der Waals surface area contributed by atoms with Gasteiger partial charge in [0.2, 0.25) is 0 Å². The van der Waals surface area contributed by atoms with Crippen LogP contribution >= 0.6 is 0 Å². The normalized spacial score (nSPS) is 12.3. The molecule has 1 rings (SSSR count). The molecule has 0 unspecified atom stereocenters. The Hall–Kier alpha value is -1.69. The summed E-state index contributed by atoms with van der Waals surface area (Å²) < 4.78 is 27.3. The third-order valence-corrected chi connectivity index (χ3v) is 3.67. The van der Waals surface area contributed by atoms with Crippen LogP contribution in [0.25, 0.3) is 18.2 Å². The standard InChI is InChI=1S/C15H19NO3S/c1-4-7-13-9-12(6-3)10-14(8-5-2)15(13)11-20(17,18)19-16/h4-10H,3,11,16H2,1-2H3/b7-4-,8-5+. The quantitative estimate of drug-likeness (QED) is 0.818. The van der Waals surface area contributed by atoms with Gasteiger partial charge >= 0.3 is 0 Å². The lowest BCUT2D eigenvalue weighted by atomic mass is 9.97. The lowest BCUT2D eigenvalue weighted by Gasteiger charge is -2.12. The first kappa shape index (κ1) is 16.4. The summed E-state index contributed by atoms with van der Waals surface area (Å²) in [5, 5.41) is 0. The zero-order valence-corrected chi connectivity index (χ0v) is 12.5. The van der Waals surface area contributed by atoms with E-state index >= 15 is 0 Å². The number of allylic oxidation sites excluding steroid dienone is 2. The van der Waals surface area contributed by atoms with Crippen molar-refractivity contribution in [1.29, 1.82) is 0 Å². The maximum Gasteiger partial charge on any atom is 0.287 e. The van der Waals surface area contributed by atoms with Crippen molar-refractivity contribution >= 4 is 28.3 Å². The van der Waals surface area contributed by atoms with Gasteiger partial charge in [-0.1, -0.05) is 37.0 Å². The van der Waals surface area contributed by atoms with Crippen LogP contribution in [0, 0.1) is 0 Å². The Kier molecular flexibility index (Phi) is 5.88. The molecule has 0 bridgehead atoms. The van der Waals surface area contributed by atoms with Crippen LogP contribution in [0.15, 0.2) is 30.9 Å². The monoisotopic (exact) mass is 293 g/mol. The largest absolute Gasteiger partial charge is 0.287 e. The first-order valence-electron chi connectivity index (χ1n) is 6.13. The summed E-state index contributed by atoms with van der Waals surface area (Å²) in [4.78, 5) is 0. The summed E-state index contributed by atoms with van der Waals surface area (Å²) >= 11 is 0. The van der Waals surface area contributed by atoms with Crippen molar-refractivity contribution in [1.82, 2.24) is 0 Å². The van der Waals surface area contributed by atoms with E-state index in [0.717, 1.165) is 16.7 Å². The molecule has 108 valence electrons. The van der Waals surface area contributed by atoms with E-state index in [9.17, 15) is 8.42 Å². The van der Waals surface area contributed by atoms with Gasteiger partial charge in [-0.3, -0.25) is 0 Å². The molecule has 0 amide bonds. The number of benzene rings is 1. The molecule has 0 fully saturated rings. The average Bonchev–Trinajstić information content (AvgIpc) is 2.42. The van der Waals surface area contributed by atoms with E-state index in [0.29, 0.717) is 5.56 Å². The predicted molar refractivity (Wildman–Crippen MR) is 83.8 cm³/mol. The average molecular weight is 293 g/mol. The molecule has 0 radical (unpaired) electrons. The maximum atomic E-state index is 11.6. The molecule has 0 aliphatic rings. The molecule has 0 aromatic heterocycles. The van der Waals surface area contributed by atoms with E-state index < -0.39 is 10.1 Å². The minimum Gasteiger partial charge on any atom is -0.198 e. The highest BCUT2D eigenvalue weighted by Crippen LogP contribution is 2.24. The maximum absolute atomic E-state index is 11.6. The van der Waals surface area contributed by atoms with Crippen LogP contribution in [0.3, 0.4) is 0 Å². The van der Waals surface area contributed by atoms with Crippen LogP contribution in [0.2, 0.25) is 0 Å². The van der Waals surface area contributed by atoms with Gasteiger partial charge in [-0.25, -0.2) is 0 Å². The fourth-order valence-corrected chi connectivity index (χ4v) is 2.65. The highest BCUT2D eigenvalue weighted by atomic mass is 32.2. The summed E-state index contributed by atoms with van der Waals surface area (Å²) in [7, 11) is -3.79. The van der Waals surface area contributed by atoms with Gasteiger partial charge in [0.05, 0.1) is 0 Å². The second kappa shape index (κ2) is 7.19. The highest BCUT2D eigenvalue weighted by Gasteiger charge is 2.16. The van der Waals surface area contributed by atoms with E-state index in [1.807, 2.05) is 50.3 Å². The van der Waals surface area contributed by atoms with Gasteiger partial charge < -0.3 is 0 Å². The first-order chi connectivity index (χ1) is 9.47. The SMILES string of the molecule is C=Cc1cc(/C=C\C)c(CS(=O)(=O)ON)c(/C=C/C)c1. The fourth-order valence-electron chi connectivity index (χ4n) is 1.89. The third kappa shape index (κ3) is 4.16. The zero-order valence-electron chi connectivity index (χ0n) is 11.7. The van der Waals surface area contributed by atoms with Crippen molar-refractivity contribution in [3.8, 4) is 0 Å². The molecule has 0 aliphatic carbocycles. The molecule has 0 saturated carbocycles. The van der Waals surface area contributed by atoms with Crippen LogP contribution in [-0.2, 0) is 20.2 Å². The molecular weight excluding hydrogens is 274 g/mol. The van der Waals surface area contributed by atoms with E-state index in [-0.39, 0.29) is 5.75 Å². The molecule has 0 atom stereocenters. The molecule has 5 heteroatoms. The van der Waals surface area contributed by atoms with Crippen molar-refractivity contribution < 1.29 is 12.7 Å². The van der Waals surface area contributed by atoms with Crippen LogP contribution in [-0.4, -0.2) is 8.42 Å². The van der Waals surface area contributed by atoms with Crippen LogP contribution in [0.5, 0.6) is 0 Å². The molecule has 0 spiro atoms. The summed E-state index contributed by atoms with van der Waals surface area (Å²) in [5.74, 6) is 4.54. The van der Waals surface area contributed by atoms with Gasteiger partial charge in [-0.15, -0.1) is 0 Å². The Bertz CT molecular complexity index is 610. The Morgan fingerprint density at radius 3 is 2.05 bits per heavy atom. The molecule has 0 aliphatic heterocycles. The topological polar surface area (TPSA) is 69.4 Å². The lowest BCUT2D eigenvalue weighted by Crippen LogP contribution is -2.14. The Labute approximate surface area is 120 Å². The van der Waals surface area contributed by atoms with Gasteiger partial charge in [0, 0.05) is 0 Å². The molecule has 2 N–H and O–H groups in total.